The Labute approximate surface area is 103 Å². The zero-order chi connectivity index (χ0) is 12.3. The predicted octanol–water partition coefficient (Wildman–Crippen LogP) is 2.60. The normalized spacial score (nSPS) is 26.4. The minimum Gasteiger partial charge on any atom is -0.411 e. The summed E-state index contributed by atoms with van der Waals surface area (Å²) in [6.45, 7) is 7.19. The summed E-state index contributed by atoms with van der Waals surface area (Å²) in [4.78, 5) is 2.43. The zero-order valence-corrected chi connectivity index (χ0v) is 10.5. The lowest BCUT2D eigenvalue weighted by atomic mass is 9.94. The van der Waals surface area contributed by atoms with Crippen LogP contribution in [0.15, 0.2) is 35.5 Å². The van der Waals surface area contributed by atoms with Crippen LogP contribution in [0.2, 0.25) is 0 Å². The molecule has 0 aliphatic carbocycles. The zero-order valence-electron chi connectivity index (χ0n) is 10.5. The standard InChI is InChI=1S/C14H20N2O/c1-11-8-16(10-14(11)12(2)15-17)9-13-6-4-3-5-7-13/h3-7,11,14,17H,8-10H2,1-2H3/b15-12+. The van der Waals surface area contributed by atoms with Crippen LogP contribution >= 0.6 is 0 Å². The number of nitrogens with zero attached hydrogens (tertiary/aromatic N) is 2. The summed E-state index contributed by atoms with van der Waals surface area (Å²) in [6, 6.07) is 10.5. The molecule has 0 radical (unpaired) electrons. The first-order valence-electron chi connectivity index (χ1n) is 6.15. The summed E-state index contributed by atoms with van der Waals surface area (Å²) in [5, 5.41) is 12.2. The average molecular weight is 232 g/mol. The van der Waals surface area contributed by atoms with Crippen molar-refractivity contribution in [3.05, 3.63) is 35.9 Å². The van der Waals surface area contributed by atoms with E-state index in [0.29, 0.717) is 11.8 Å². The highest BCUT2D eigenvalue weighted by Crippen LogP contribution is 2.25. The van der Waals surface area contributed by atoms with Gasteiger partial charge in [0.15, 0.2) is 0 Å². The van der Waals surface area contributed by atoms with Gasteiger partial charge in [-0.25, -0.2) is 0 Å². The van der Waals surface area contributed by atoms with E-state index in [1.165, 1.54) is 5.56 Å². The molecule has 1 aliphatic rings. The van der Waals surface area contributed by atoms with Crippen LogP contribution in [-0.4, -0.2) is 28.9 Å². The minimum absolute atomic E-state index is 0.392. The lowest BCUT2D eigenvalue weighted by Crippen LogP contribution is -2.22. The van der Waals surface area contributed by atoms with Gasteiger partial charge in [0.2, 0.25) is 0 Å². The fourth-order valence-corrected chi connectivity index (χ4v) is 2.66. The molecular weight excluding hydrogens is 212 g/mol. The molecule has 17 heavy (non-hydrogen) atoms. The van der Waals surface area contributed by atoms with Gasteiger partial charge in [0, 0.05) is 25.6 Å². The molecule has 1 aromatic rings. The summed E-state index contributed by atoms with van der Waals surface area (Å²) >= 11 is 0. The van der Waals surface area contributed by atoms with E-state index >= 15 is 0 Å². The molecule has 0 amide bonds. The highest BCUT2D eigenvalue weighted by molar-refractivity contribution is 5.84. The van der Waals surface area contributed by atoms with Crippen LogP contribution in [0.5, 0.6) is 0 Å². The summed E-state index contributed by atoms with van der Waals surface area (Å²) in [6.07, 6.45) is 0. The first-order chi connectivity index (χ1) is 8.20. The second-order valence-electron chi connectivity index (χ2n) is 5.00. The quantitative estimate of drug-likeness (QED) is 0.494. The molecule has 2 atom stereocenters. The third-order valence-corrected chi connectivity index (χ3v) is 3.63. The molecule has 0 bridgehead atoms. The Kier molecular flexibility index (Phi) is 3.79. The Bertz CT molecular complexity index is 388. The van der Waals surface area contributed by atoms with Gasteiger partial charge in [-0.3, -0.25) is 4.90 Å². The highest BCUT2D eigenvalue weighted by atomic mass is 16.4. The topological polar surface area (TPSA) is 35.8 Å². The highest BCUT2D eigenvalue weighted by Gasteiger charge is 2.31. The SMILES string of the molecule is C/C(=N\O)C1CN(Cc2ccccc2)CC1C. The summed E-state index contributed by atoms with van der Waals surface area (Å²) in [5.41, 5.74) is 2.20. The van der Waals surface area contributed by atoms with Crippen molar-refractivity contribution in [1.29, 1.82) is 0 Å². The van der Waals surface area contributed by atoms with E-state index < -0.39 is 0 Å². The summed E-state index contributed by atoms with van der Waals surface area (Å²) in [7, 11) is 0. The van der Waals surface area contributed by atoms with Crippen LogP contribution in [0.25, 0.3) is 0 Å². The third-order valence-electron chi connectivity index (χ3n) is 3.63. The Morgan fingerprint density at radius 2 is 2.06 bits per heavy atom. The Morgan fingerprint density at radius 1 is 1.35 bits per heavy atom. The molecule has 0 saturated carbocycles. The van der Waals surface area contributed by atoms with Crippen LogP contribution in [0.1, 0.15) is 19.4 Å². The molecule has 1 heterocycles. The summed E-state index contributed by atoms with van der Waals surface area (Å²) < 4.78 is 0. The number of likely N-dealkylation sites (tertiary alicyclic amines) is 1. The Hall–Kier alpha value is -1.35. The molecule has 1 N–H and O–H groups in total. The molecule has 1 aliphatic heterocycles. The van der Waals surface area contributed by atoms with Crippen molar-refractivity contribution in [2.24, 2.45) is 17.0 Å². The molecule has 0 aromatic heterocycles. The number of hydrogen-bond donors (Lipinski definition) is 1. The predicted molar refractivity (Wildman–Crippen MR) is 69.3 cm³/mol. The molecule has 92 valence electrons. The largest absolute Gasteiger partial charge is 0.411 e. The van der Waals surface area contributed by atoms with Crippen molar-refractivity contribution in [3.8, 4) is 0 Å². The van der Waals surface area contributed by atoms with Gasteiger partial charge >= 0.3 is 0 Å². The number of hydrogen-bond acceptors (Lipinski definition) is 3. The number of benzene rings is 1. The molecule has 1 saturated heterocycles. The van der Waals surface area contributed by atoms with Crippen LogP contribution in [-0.2, 0) is 6.54 Å². The van der Waals surface area contributed by atoms with Crippen LogP contribution in [0.3, 0.4) is 0 Å². The Morgan fingerprint density at radius 3 is 2.71 bits per heavy atom. The Balaban J connectivity index is 1.98. The van der Waals surface area contributed by atoms with E-state index in [2.05, 4.69) is 41.2 Å². The van der Waals surface area contributed by atoms with Gasteiger partial charge in [-0.05, 0) is 18.4 Å². The first kappa shape index (κ1) is 12.1. The van der Waals surface area contributed by atoms with Gasteiger partial charge in [0.25, 0.3) is 0 Å². The van der Waals surface area contributed by atoms with E-state index in [1.54, 1.807) is 0 Å². The molecule has 3 nitrogen and oxygen atoms in total. The maximum absolute atomic E-state index is 8.86. The van der Waals surface area contributed by atoms with E-state index in [-0.39, 0.29) is 0 Å². The van der Waals surface area contributed by atoms with Gasteiger partial charge in [0.1, 0.15) is 0 Å². The number of rotatable bonds is 3. The molecule has 1 aromatic carbocycles. The van der Waals surface area contributed by atoms with E-state index in [4.69, 9.17) is 5.21 Å². The number of oxime groups is 1. The van der Waals surface area contributed by atoms with Crippen molar-refractivity contribution in [3.63, 3.8) is 0 Å². The molecular formula is C14H20N2O. The van der Waals surface area contributed by atoms with Crippen LogP contribution in [0.4, 0.5) is 0 Å². The summed E-state index contributed by atoms with van der Waals surface area (Å²) in [5.74, 6) is 0.957. The fraction of sp³-hybridized carbons (Fsp3) is 0.500. The second kappa shape index (κ2) is 5.32. The van der Waals surface area contributed by atoms with E-state index in [1.807, 2.05) is 13.0 Å². The van der Waals surface area contributed by atoms with Gasteiger partial charge in [-0.2, -0.15) is 0 Å². The maximum atomic E-state index is 8.86. The molecule has 2 rings (SSSR count). The van der Waals surface area contributed by atoms with E-state index in [9.17, 15) is 0 Å². The average Bonchev–Trinajstić information content (AvgIpc) is 2.70. The smallest absolute Gasteiger partial charge is 0.0586 e. The first-order valence-corrected chi connectivity index (χ1v) is 6.15. The van der Waals surface area contributed by atoms with Gasteiger partial charge in [-0.1, -0.05) is 42.4 Å². The van der Waals surface area contributed by atoms with Crippen molar-refractivity contribution in [2.75, 3.05) is 13.1 Å². The van der Waals surface area contributed by atoms with Gasteiger partial charge < -0.3 is 5.21 Å². The molecule has 3 heteroatoms. The van der Waals surface area contributed by atoms with Gasteiger partial charge in [-0.15, -0.1) is 0 Å². The molecule has 2 unspecified atom stereocenters. The van der Waals surface area contributed by atoms with Crippen molar-refractivity contribution < 1.29 is 5.21 Å². The van der Waals surface area contributed by atoms with Crippen LogP contribution < -0.4 is 0 Å². The van der Waals surface area contributed by atoms with Crippen LogP contribution in [0, 0.1) is 11.8 Å². The van der Waals surface area contributed by atoms with Gasteiger partial charge in [0.05, 0.1) is 5.71 Å². The second-order valence-corrected chi connectivity index (χ2v) is 5.00. The fourth-order valence-electron chi connectivity index (χ4n) is 2.66. The van der Waals surface area contributed by atoms with Crippen molar-refractivity contribution in [1.82, 2.24) is 4.90 Å². The maximum Gasteiger partial charge on any atom is 0.0586 e. The third kappa shape index (κ3) is 2.86. The van der Waals surface area contributed by atoms with Crippen molar-refractivity contribution >= 4 is 5.71 Å². The minimum atomic E-state index is 0.392. The van der Waals surface area contributed by atoms with E-state index in [0.717, 1.165) is 25.3 Å². The van der Waals surface area contributed by atoms with Crippen molar-refractivity contribution in [2.45, 2.75) is 20.4 Å². The monoisotopic (exact) mass is 232 g/mol. The lowest BCUT2D eigenvalue weighted by Gasteiger charge is -2.15. The molecule has 0 spiro atoms. The molecule has 1 fully saturated rings. The lowest BCUT2D eigenvalue weighted by molar-refractivity contribution is 0.308.